The molecule has 0 bridgehead atoms. The van der Waals surface area contributed by atoms with Crippen molar-refractivity contribution in [3.8, 4) is 0 Å². The number of hydrogen-bond acceptors (Lipinski definition) is 2. The van der Waals surface area contributed by atoms with Crippen molar-refractivity contribution in [3.05, 3.63) is 35.9 Å². The molecule has 1 amide bonds. The van der Waals surface area contributed by atoms with Crippen molar-refractivity contribution in [2.45, 2.75) is 44.1 Å². The highest BCUT2D eigenvalue weighted by atomic mass is 16.4. The fourth-order valence-electron chi connectivity index (χ4n) is 2.81. The Labute approximate surface area is 112 Å². The van der Waals surface area contributed by atoms with E-state index < -0.39 is 11.5 Å². The van der Waals surface area contributed by atoms with Crippen molar-refractivity contribution < 1.29 is 14.7 Å². The molecule has 2 rings (SSSR count). The number of carbonyl (C=O) groups is 2. The molecule has 0 atom stereocenters. The molecule has 19 heavy (non-hydrogen) atoms. The fraction of sp³-hybridized carbons (Fsp3) is 0.467. The van der Waals surface area contributed by atoms with Crippen LogP contribution in [0.15, 0.2) is 30.3 Å². The molecule has 0 heterocycles. The Balaban J connectivity index is 1.97. The van der Waals surface area contributed by atoms with Gasteiger partial charge < -0.3 is 10.4 Å². The van der Waals surface area contributed by atoms with Gasteiger partial charge in [-0.15, -0.1) is 0 Å². The van der Waals surface area contributed by atoms with Crippen molar-refractivity contribution in [1.29, 1.82) is 0 Å². The molecule has 0 unspecified atom stereocenters. The molecular formula is C15H19NO3. The molecule has 1 aliphatic carbocycles. The molecule has 2 N–H and O–H groups in total. The highest BCUT2D eigenvalue weighted by Gasteiger charge is 2.37. The van der Waals surface area contributed by atoms with Gasteiger partial charge in [-0.3, -0.25) is 9.59 Å². The number of carbonyl (C=O) groups excluding carboxylic acids is 1. The number of rotatable bonds is 5. The first kappa shape index (κ1) is 13.6. The van der Waals surface area contributed by atoms with Crippen molar-refractivity contribution >= 4 is 11.9 Å². The Morgan fingerprint density at radius 1 is 1.16 bits per heavy atom. The molecule has 0 spiro atoms. The van der Waals surface area contributed by atoms with Crippen LogP contribution in [-0.4, -0.2) is 22.5 Å². The lowest BCUT2D eigenvalue weighted by Crippen LogP contribution is -2.48. The summed E-state index contributed by atoms with van der Waals surface area (Å²) in [7, 11) is 0. The van der Waals surface area contributed by atoms with Gasteiger partial charge in [0.1, 0.15) is 0 Å². The summed E-state index contributed by atoms with van der Waals surface area (Å²) in [6, 6.07) is 9.50. The van der Waals surface area contributed by atoms with Crippen LogP contribution in [0.1, 0.15) is 37.7 Å². The molecule has 4 nitrogen and oxygen atoms in total. The van der Waals surface area contributed by atoms with Gasteiger partial charge in [-0.05, 0) is 18.4 Å². The van der Waals surface area contributed by atoms with Crippen LogP contribution in [0, 0.1) is 0 Å². The lowest BCUT2D eigenvalue weighted by Gasteiger charge is -2.28. The van der Waals surface area contributed by atoms with Crippen LogP contribution in [0.25, 0.3) is 0 Å². The second kappa shape index (κ2) is 5.87. The van der Waals surface area contributed by atoms with Gasteiger partial charge in [-0.1, -0.05) is 43.2 Å². The molecule has 102 valence electrons. The van der Waals surface area contributed by atoms with E-state index in [0.29, 0.717) is 6.42 Å². The zero-order valence-corrected chi connectivity index (χ0v) is 10.9. The van der Waals surface area contributed by atoms with Crippen LogP contribution >= 0.6 is 0 Å². The van der Waals surface area contributed by atoms with Crippen LogP contribution in [0.2, 0.25) is 0 Å². The Morgan fingerprint density at radius 3 is 2.37 bits per heavy atom. The van der Waals surface area contributed by atoms with Gasteiger partial charge in [-0.25, -0.2) is 0 Å². The first-order valence-corrected chi connectivity index (χ1v) is 6.66. The lowest BCUT2D eigenvalue weighted by atomic mass is 9.92. The van der Waals surface area contributed by atoms with Crippen molar-refractivity contribution in [2.24, 2.45) is 0 Å². The van der Waals surface area contributed by atoms with E-state index in [0.717, 1.165) is 31.2 Å². The van der Waals surface area contributed by atoms with E-state index in [1.165, 1.54) is 0 Å². The van der Waals surface area contributed by atoms with Crippen molar-refractivity contribution in [1.82, 2.24) is 5.32 Å². The monoisotopic (exact) mass is 261 g/mol. The summed E-state index contributed by atoms with van der Waals surface area (Å²) in [5.74, 6) is -0.934. The maximum absolute atomic E-state index is 12.1. The highest BCUT2D eigenvalue weighted by molar-refractivity contribution is 5.80. The number of carboxylic acid groups (broad SMARTS) is 1. The quantitative estimate of drug-likeness (QED) is 0.853. The lowest BCUT2D eigenvalue weighted by molar-refractivity contribution is -0.139. The number of hydrogen-bond donors (Lipinski definition) is 2. The summed E-state index contributed by atoms with van der Waals surface area (Å²) < 4.78 is 0. The minimum Gasteiger partial charge on any atom is -0.481 e. The molecule has 1 saturated carbocycles. The normalized spacial score (nSPS) is 17.1. The second-order valence-corrected chi connectivity index (χ2v) is 5.27. The van der Waals surface area contributed by atoms with E-state index in [1.807, 2.05) is 30.3 Å². The van der Waals surface area contributed by atoms with E-state index in [-0.39, 0.29) is 12.3 Å². The zero-order chi connectivity index (χ0) is 13.7. The van der Waals surface area contributed by atoms with Crippen LogP contribution in [0.3, 0.4) is 0 Å². The summed E-state index contributed by atoms with van der Waals surface area (Å²) >= 11 is 0. The van der Waals surface area contributed by atoms with Gasteiger partial charge >= 0.3 is 5.97 Å². The second-order valence-electron chi connectivity index (χ2n) is 5.27. The fourth-order valence-corrected chi connectivity index (χ4v) is 2.81. The molecule has 1 aromatic rings. The zero-order valence-electron chi connectivity index (χ0n) is 10.9. The van der Waals surface area contributed by atoms with Gasteiger partial charge in [0.25, 0.3) is 0 Å². The Hall–Kier alpha value is -1.84. The SMILES string of the molecule is O=C(O)CC1(NC(=O)Cc2ccccc2)CCCC1. The van der Waals surface area contributed by atoms with Gasteiger partial charge in [-0.2, -0.15) is 0 Å². The molecule has 1 aliphatic rings. The summed E-state index contributed by atoms with van der Waals surface area (Å²) in [4.78, 5) is 23.0. The third-order valence-electron chi connectivity index (χ3n) is 3.66. The highest BCUT2D eigenvalue weighted by Crippen LogP contribution is 2.32. The van der Waals surface area contributed by atoms with E-state index in [2.05, 4.69) is 5.32 Å². The average molecular weight is 261 g/mol. The summed E-state index contributed by atoms with van der Waals surface area (Å²) in [5, 5.41) is 11.9. The smallest absolute Gasteiger partial charge is 0.305 e. The number of benzene rings is 1. The van der Waals surface area contributed by atoms with E-state index in [9.17, 15) is 9.59 Å². The Bertz CT molecular complexity index is 450. The molecular weight excluding hydrogens is 242 g/mol. The van der Waals surface area contributed by atoms with Crippen LogP contribution in [-0.2, 0) is 16.0 Å². The topological polar surface area (TPSA) is 66.4 Å². The van der Waals surface area contributed by atoms with Gasteiger partial charge in [0.15, 0.2) is 0 Å². The van der Waals surface area contributed by atoms with Crippen molar-refractivity contribution in [3.63, 3.8) is 0 Å². The van der Waals surface area contributed by atoms with E-state index >= 15 is 0 Å². The maximum Gasteiger partial charge on any atom is 0.305 e. The van der Waals surface area contributed by atoms with Gasteiger partial charge in [0, 0.05) is 0 Å². The molecule has 0 saturated heterocycles. The van der Waals surface area contributed by atoms with E-state index in [4.69, 9.17) is 5.11 Å². The van der Waals surface area contributed by atoms with Gasteiger partial charge in [0.2, 0.25) is 5.91 Å². The number of nitrogens with one attached hydrogen (secondary N) is 1. The first-order chi connectivity index (χ1) is 9.10. The predicted molar refractivity (Wildman–Crippen MR) is 71.7 cm³/mol. The predicted octanol–water partition coefficient (Wildman–Crippen LogP) is 2.13. The molecule has 1 fully saturated rings. The summed E-state index contributed by atoms with van der Waals surface area (Å²) in [6.45, 7) is 0. The van der Waals surface area contributed by atoms with Crippen LogP contribution in [0.5, 0.6) is 0 Å². The number of carboxylic acids is 1. The van der Waals surface area contributed by atoms with Crippen LogP contribution < -0.4 is 5.32 Å². The molecule has 4 heteroatoms. The van der Waals surface area contributed by atoms with Gasteiger partial charge in [0.05, 0.1) is 18.4 Å². The summed E-state index contributed by atoms with van der Waals surface area (Å²) in [6.07, 6.45) is 3.83. The minimum atomic E-state index is -0.845. The summed E-state index contributed by atoms with van der Waals surface area (Å²) in [5.41, 5.74) is 0.418. The van der Waals surface area contributed by atoms with E-state index in [1.54, 1.807) is 0 Å². The third-order valence-corrected chi connectivity index (χ3v) is 3.66. The van der Waals surface area contributed by atoms with Crippen molar-refractivity contribution in [2.75, 3.05) is 0 Å². The number of aliphatic carboxylic acids is 1. The molecule has 0 aliphatic heterocycles. The average Bonchev–Trinajstić information content (AvgIpc) is 2.77. The largest absolute Gasteiger partial charge is 0.481 e. The standard InChI is InChI=1S/C15H19NO3/c17-13(10-12-6-2-1-3-7-12)16-15(11-14(18)19)8-4-5-9-15/h1-3,6-7H,4-5,8-11H2,(H,16,17)(H,18,19). The third kappa shape index (κ3) is 3.81. The Kier molecular flexibility index (Phi) is 4.20. The molecule has 1 aromatic carbocycles. The number of amides is 1. The van der Waals surface area contributed by atoms with Crippen LogP contribution in [0.4, 0.5) is 0 Å². The first-order valence-electron chi connectivity index (χ1n) is 6.66. The Morgan fingerprint density at radius 2 is 1.79 bits per heavy atom. The minimum absolute atomic E-state index is 0.0214. The molecule has 0 aromatic heterocycles. The molecule has 0 radical (unpaired) electrons. The maximum atomic E-state index is 12.1.